The number of amides is 4. The van der Waals surface area contributed by atoms with Crippen molar-refractivity contribution in [3.8, 4) is 17.5 Å². The van der Waals surface area contributed by atoms with Crippen molar-refractivity contribution >= 4 is 51.2 Å². The maximum absolute atomic E-state index is 13.7. The molecule has 2 aliphatic heterocycles. The molecule has 1 aromatic carbocycles. The van der Waals surface area contributed by atoms with E-state index >= 15 is 0 Å². The number of carbonyl (C=O) groups excluding carboxylic acids is 3. The summed E-state index contributed by atoms with van der Waals surface area (Å²) >= 11 is 0. The van der Waals surface area contributed by atoms with Crippen LogP contribution in [-0.2, 0) is 4.79 Å². The second kappa shape index (κ2) is 15.3. The quantitative estimate of drug-likeness (QED) is 0.183. The molecule has 0 spiro atoms. The van der Waals surface area contributed by atoms with Crippen LogP contribution < -0.4 is 25.8 Å². The van der Waals surface area contributed by atoms with E-state index in [1.165, 1.54) is 6.20 Å². The molecule has 3 N–H and O–H groups in total. The molecule has 1 aliphatic carbocycles. The number of benzene rings is 1. The Kier molecular flexibility index (Phi) is 10.0. The van der Waals surface area contributed by atoms with E-state index in [-0.39, 0.29) is 30.3 Å². The molecule has 6 heterocycles. The van der Waals surface area contributed by atoms with Gasteiger partial charge >= 0.3 is 6.03 Å². The molecule has 3 aliphatic rings. The second-order valence-corrected chi connectivity index (χ2v) is 15.1. The van der Waals surface area contributed by atoms with Crippen LogP contribution in [-0.4, -0.2) is 93.7 Å². The van der Waals surface area contributed by atoms with Crippen LogP contribution in [0.2, 0.25) is 0 Å². The van der Waals surface area contributed by atoms with Crippen molar-refractivity contribution < 1.29 is 14.4 Å². The normalized spacial score (nSPS) is 19.5. The zero-order valence-corrected chi connectivity index (χ0v) is 31.2. The van der Waals surface area contributed by atoms with Gasteiger partial charge in [0, 0.05) is 86.6 Å². The molecule has 4 aromatic heterocycles. The molecule has 8 rings (SSSR count). The minimum absolute atomic E-state index is 0.111. The highest BCUT2D eigenvalue weighted by Gasteiger charge is 2.29. The Morgan fingerprint density at radius 1 is 0.945 bits per heavy atom. The fraction of sp³-hybridized carbons (Fsp3) is 0.390. The third-order valence-corrected chi connectivity index (χ3v) is 11.0. The average Bonchev–Trinajstić information content (AvgIpc) is 3.62. The van der Waals surface area contributed by atoms with Gasteiger partial charge in [0.15, 0.2) is 0 Å². The molecule has 4 amide bonds. The van der Waals surface area contributed by atoms with E-state index in [2.05, 4.69) is 53.0 Å². The van der Waals surface area contributed by atoms with Crippen LogP contribution in [0.1, 0.15) is 61.9 Å². The van der Waals surface area contributed by atoms with E-state index in [0.717, 1.165) is 91.8 Å². The molecule has 1 saturated carbocycles. The number of piperazine rings is 1. The summed E-state index contributed by atoms with van der Waals surface area (Å²) < 4.78 is 1.75. The number of urea groups is 1. The number of hydrogen-bond donors (Lipinski definition) is 3. The molecule has 0 unspecified atom stereocenters. The topological polar surface area (TPSA) is 164 Å². The summed E-state index contributed by atoms with van der Waals surface area (Å²) in [5, 5.41) is 24.8. The number of nitrogens with one attached hydrogen (secondary N) is 3. The van der Waals surface area contributed by atoms with Crippen molar-refractivity contribution in [2.75, 3.05) is 54.4 Å². The van der Waals surface area contributed by atoms with Gasteiger partial charge in [-0.2, -0.15) is 10.4 Å². The second-order valence-electron chi connectivity index (χ2n) is 15.1. The van der Waals surface area contributed by atoms with Gasteiger partial charge in [-0.25, -0.2) is 9.31 Å². The largest absolute Gasteiger partial charge is 0.382 e. The lowest BCUT2D eigenvalue weighted by Crippen LogP contribution is -2.49. The van der Waals surface area contributed by atoms with E-state index in [4.69, 9.17) is 0 Å². The number of fused-ring (bicyclic) bond motifs is 2. The SMILES string of the molecule is CC(C)Nc1cc(-c2ccc3cc(C#N)cnn23)ncc1C(=O)NC1CCC(CN2CCN(c3cccc4c(N5CCC(=O)NC5=O)cncc34)CC2)CC1. The highest BCUT2D eigenvalue weighted by atomic mass is 16.2. The lowest BCUT2D eigenvalue weighted by molar-refractivity contribution is -0.120. The fourth-order valence-electron chi connectivity index (χ4n) is 8.20. The molecule has 14 nitrogen and oxygen atoms in total. The number of imide groups is 1. The minimum atomic E-state index is -0.407. The van der Waals surface area contributed by atoms with Gasteiger partial charge < -0.3 is 15.5 Å². The van der Waals surface area contributed by atoms with Crippen molar-refractivity contribution in [2.24, 2.45) is 5.92 Å². The first-order chi connectivity index (χ1) is 26.7. The molecule has 14 heteroatoms. The maximum Gasteiger partial charge on any atom is 0.328 e. The molecular weight excluding hydrogens is 695 g/mol. The van der Waals surface area contributed by atoms with Gasteiger partial charge in [0.05, 0.1) is 51.8 Å². The van der Waals surface area contributed by atoms with Crippen LogP contribution >= 0.6 is 0 Å². The molecule has 2 saturated heterocycles. The van der Waals surface area contributed by atoms with Crippen molar-refractivity contribution in [1.29, 1.82) is 5.26 Å². The number of nitriles is 1. The Hall–Kier alpha value is -6.07. The van der Waals surface area contributed by atoms with Crippen LogP contribution in [0.15, 0.2) is 67.3 Å². The predicted octanol–water partition coefficient (Wildman–Crippen LogP) is 5.19. The minimum Gasteiger partial charge on any atom is -0.382 e. The molecule has 55 heavy (non-hydrogen) atoms. The number of carbonyl (C=O) groups is 3. The zero-order chi connectivity index (χ0) is 38.1. The highest BCUT2D eigenvalue weighted by Crippen LogP contribution is 2.34. The molecule has 5 aromatic rings. The standard InChI is InChI=1S/C41H45N11O3/c1-26(2)46-34-19-35(37-11-10-30-18-28(20-42)21-45-52(30)37)44-23-33(34)40(54)47-29-8-6-27(7-9-29)25-49-14-16-50(17-15-49)36-5-3-4-31-32(36)22-43-24-38(31)51-13-12-39(53)48-41(51)55/h3-5,10-11,18-19,21-24,26-27,29H,6-9,12-17,25H2,1-2H3,(H,44,46)(H,47,54)(H,48,53,55). The number of nitrogens with zero attached hydrogens (tertiary/aromatic N) is 8. The Morgan fingerprint density at radius 3 is 2.53 bits per heavy atom. The van der Waals surface area contributed by atoms with Crippen molar-refractivity contribution in [2.45, 2.75) is 58.0 Å². The third-order valence-electron chi connectivity index (χ3n) is 11.0. The summed E-state index contributed by atoms with van der Waals surface area (Å²) in [5.74, 6) is 0.209. The molecule has 0 bridgehead atoms. The van der Waals surface area contributed by atoms with Gasteiger partial charge in [-0.3, -0.25) is 34.7 Å². The van der Waals surface area contributed by atoms with Gasteiger partial charge in [-0.15, -0.1) is 0 Å². The number of rotatable bonds is 9. The van der Waals surface area contributed by atoms with Crippen molar-refractivity contribution in [1.82, 2.24) is 35.1 Å². The van der Waals surface area contributed by atoms with E-state index in [0.29, 0.717) is 35.0 Å². The van der Waals surface area contributed by atoms with Crippen molar-refractivity contribution in [3.05, 3.63) is 78.4 Å². The Morgan fingerprint density at radius 2 is 1.76 bits per heavy atom. The molecule has 282 valence electrons. The number of hydrogen-bond acceptors (Lipinski definition) is 10. The van der Waals surface area contributed by atoms with E-state index in [1.54, 1.807) is 27.9 Å². The van der Waals surface area contributed by atoms with E-state index in [1.807, 2.05) is 50.4 Å². The summed E-state index contributed by atoms with van der Waals surface area (Å²) in [5.41, 5.74) is 5.83. The smallest absolute Gasteiger partial charge is 0.328 e. The first kappa shape index (κ1) is 35.9. The number of pyridine rings is 2. The van der Waals surface area contributed by atoms with Crippen LogP contribution in [0, 0.1) is 17.2 Å². The van der Waals surface area contributed by atoms with Gasteiger partial charge in [-0.05, 0) is 75.8 Å². The number of anilines is 3. The first-order valence-corrected chi connectivity index (χ1v) is 19.1. The van der Waals surface area contributed by atoms with Crippen LogP contribution in [0.25, 0.3) is 27.7 Å². The lowest BCUT2D eigenvalue weighted by atomic mass is 9.85. The molecule has 0 radical (unpaired) electrons. The Bertz CT molecular complexity index is 2300. The van der Waals surface area contributed by atoms with Gasteiger partial charge in [0.1, 0.15) is 6.07 Å². The third kappa shape index (κ3) is 7.52. The van der Waals surface area contributed by atoms with E-state index in [9.17, 15) is 19.6 Å². The molecule has 0 atom stereocenters. The average molecular weight is 740 g/mol. The maximum atomic E-state index is 13.7. The van der Waals surface area contributed by atoms with Gasteiger partial charge in [-0.1, -0.05) is 12.1 Å². The summed E-state index contributed by atoms with van der Waals surface area (Å²) in [6.45, 7) is 9.18. The monoisotopic (exact) mass is 739 g/mol. The van der Waals surface area contributed by atoms with Crippen LogP contribution in [0.3, 0.4) is 0 Å². The van der Waals surface area contributed by atoms with Gasteiger partial charge in [0.25, 0.3) is 5.91 Å². The van der Waals surface area contributed by atoms with Crippen molar-refractivity contribution in [3.63, 3.8) is 0 Å². The van der Waals surface area contributed by atoms with Gasteiger partial charge in [0.2, 0.25) is 5.91 Å². The lowest BCUT2D eigenvalue weighted by Gasteiger charge is -2.39. The summed E-state index contributed by atoms with van der Waals surface area (Å²) in [7, 11) is 0. The van der Waals surface area contributed by atoms with Crippen LogP contribution in [0.4, 0.5) is 21.9 Å². The Balaban J connectivity index is 0.855. The van der Waals surface area contributed by atoms with E-state index < -0.39 is 6.03 Å². The number of aromatic nitrogens is 4. The Labute approximate surface area is 319 Å². The summed E-state index contributed by atoms with van der Waals surface area (Å²) in [6.07, 6.45) is 11.0. The predicted molar refractivity (Wildman–Crippen MR) is 211 cm³/mol. The molecule has 3 fully saturated rings. The van der Waals surface area contributed by atoms with Crippen LogP contribution in [0.5, 0.6) is 0 Å². The first-order valence-electron chi connectivity index (χ1n) is 19.1. The fourth-order valence-corrected chi connectivity index (χ4v) is 8.20. The molecular formula is C41H45N11O3. The summed E-state index contributed by atoms with van der Waals surface area (Å²) in [4.78, 5) is 53.7. The highest BCUT2D eigenvalue weighted by molar-refractivity contribution is 6.11. The summed E-state index contributed by atoms with van der Waals surface area (Å²) in [6, 6.07) is 15.6. The zero-order valence-electron chi connectivity index (χ0n) is 31.2.